The zero-order chi connectivity index (χ0) is 18.7. The number of hydrogen-bond donors (Lipinski definition) is 1. The minimum atomic E-state index is -0.209. The van der Waals surface area contributed by atoms with Crippen LogP contribution in [0.3, 0.4) is 0 Å². The SMILES string of the molecule is Cc1cc(C)n(-c2ccccc2NC(=O)N(C)Cc2ccccc2Cl)n1. The van der Waals surface area contributed by atoms with E-state index in [2.05, 4.69) is 10.4 Å². The summed E-state index contributed by atoms with van der Waals surface area (Å²) in [7, 11) is 1.74. The molecule has 0 spiro atoms. The summed E-state index contributed by atoms with van der Waals surface area (Å²) in [6.45, 7) is 4.36. The van der Waals surface area contributed by atoms with Crippen molar-refractivity contribution in [2.45, 2.75) is 20.4 Å². The lowest BCUT2D eigenvalue weighted by atomic mass is 10.2. The fourth-order valence-electron chi connectivity index (χ4n) is 2.80. The molecule has 1 heterocycles. The molecule has 0 saturated heterocycles. The Kier molecular flexibility index (Phi) is 5.28. The van der Waals surface area contributed by atoms with E-state index in [-0.39, 0.29) is 6.03 Å². The molecule has 2 amide bonds. The third-order valence-corrected chi connectivity index (χ3v) is 4.46. The van der Waals surface area contributed by atoms with Gasteiger partial charge in [-0.2, -0.15) is 5.10 Å². The van der Waals surface area contributed by atoms with Crippen LogP contribution in [-0.4, -0.2) is 27.8 Å². The van der Waals surface area contributed by atoms with Gasteiger partial charge in [-0.25, -0.2) is 9.48 Å². The van der Waals surface area contributed by atoms with Crippen LogP contribution in [0.2, 0.25) is 5.02 Å². The Balaban J connectivity index is 1.80. The number of para-hydroxylation sites is 2. The normalized spacial score (nSPS) is 10.6. The van der Waals surface area contributed by atoms with Crippen LogP contribution in [0.1, 0.15) is 17.0 Å². The number of anilines is 1. The number of aromatic nitrogens is 2. The van der Waals surface area contributed by atoms with Gasteiger partial charge in [-0.3, -0.25) is 0 Å². The largest absolute Gasteiger partial charge is 0.323 e. The highest BCUT2D eigenvalue weighted by molar-refractivity contribution is 6.31. The molecule has 3 rings (SSSR count). The van der Waals surface area contributed by atoms with E-state index in [0.717, 1.165) is 22.6 Å². The van der Waals surface area contributed by atoms with Crippen molar-refractivity contribution < 1.29 is 4.79 Å². The number of hydrogen-bond acceptors (Lipinski definition) is 2. The predicted molar refractivity (Wildman–Crippen MR) is 105 cm³/mol. The van der Waals surface area contributed by atoms with Crippen molar-refractivity contribution in [1.29, 1.82) is 0 Å². The van der Waals surface area contributed by atoms with Gasteiger partial charge in [0.2, 0.25) is 0 Å². The van der Waals surface area contributed by atoms with E-state index in [4.69, 9.17) is 11.6 Å². The lowest BCUT2D eigenvalue weighted by Crippen LogP contribution is -2.31. The van der Waals surface area contributed by atoms with Crippen molar-refractivity contribution in [3.63, 3.8) is 0 Å². The van der Waals surface area contributed by atoms with Crippen LogP contribution < -0.4 is 5.32 Å². The Bertz CT molecular complexity index is 935. The third kappa shape index (κ3) is 3.89. The lowest BCUT2D eigenvalue weighted by molar-refractivity contribution is 0.220. The molecule has 0 fully saturated rings. The summed E-state index contributed by atoms with van der Waals surface area (Å²) in [5.74, 6) is 0. The highest BCUT2D eigenvalue weighted by atomic mass is 35.5. The van der Waals surface area contributed by atoms with Gasteiger partial charge in [0, 0.05) is 24.3 Å². The van der Waals surface area contributed by atoms with Crippen molar-refractivity contribution in [2.24, 2.45) is 0 Å². The van der Waals surface area contributed by atoms with E-state index in [9.17, 15) is 4.79 Å². The summed E-state index contributed by atoms with van der Waals surface area (Å²) in [6, 6.07) is 16.9. The van der Waals surface area contributed by atoms with E-state index < -0.39 is 0 Å². The molecule has 0 aliphatic rings. The average Bonchev–Trinajstić information content (AvgIpc) is 2.95. The molecule has 0 unspecified atom stereocenters. The Morgan fingerprint density at radius 2 is 1.85 bits per heavy atom. The molecule has 1 N–H and O–H groups in total. The summed E-state index contributed by atoms with van der Waals surface area (Å²) in [5, 5.41) is 8.12. The number of nitrogens with zero attached hydrogens (tertiary/aromatic N) is 3. The molecule has 3 aromatic rings. The Labute approximate surface area is 158 Å². The molecule has 0 atom stereocenters. The van der Waals surface area contributed by atoms with Gasteiger partial charge in [0.05, 0.1) is 17.1 Å². The van der Waals surface area contributed by atoms with E-state index in [1.165, 1.54) is 0 Å². The number of urea groups is 1. The molecule has 2 aromatic carbocycles. The van der Waals surface area contributed by atoms with Gasteiger partial charge >= 0.3 is 6.03 Å². The summed E-state index contributed by atoms with van der Waals surface area (Å²) in [6.07, 6.45) is 0. The van der Waals surface area contributed by atoms with E-state index in [1.807, 2.05) is 73.1 Å². The molecule has 0 saturated carbocycles. The number of halogens is 1. The van der Waals surface area contributed by atoms with Gasteiger partial charge in [-0.15, -0.1) is 0 Å². The maximum atomic E-state index is 12.6. The Hall–Kier alpha value is -2.79. The first-order valence-electron chi connectivity index (χ1n) is 8.34. The second-order valence-corrected chi connectivity index (χ2v) is 6.64. The van der Waals surface area contributed by atoms with Crippen molar-refractivity contribution in [1.82, 2.24) is 14.7 Å². The Morgan fingerprint density at radius 3 is 2.54 bits per heavy atom. The van der Waals surface area contributed by atoms with Gasteiger partial charge in [-0.05, 0) is 43.7 Å². The van der Waals surface area contributed by atoms with Gasteiger partial charge in [0.15, 0.2) is 0 Å². The maximum absolute atomic E-state index is 12.6. The number of rotatable bonds is 4. The quantitative estimate of drug-likeness (QED) is 0.718. The molecule has 26 heavy (non-hydrogen) atoms. The van der Waals surface area contributed by atoms with Gasteiger partial charge in [0.1, 0.15) is 0 Å². The molecule has 0 aliphatic carbocycles. The summed E-state index contributed by atoms with van der Waals surface area (Å²) >= 11 is 6.19. The molecule has 0 aliphatic heterocycles. The predicted octanol–water partition coefficient (Wildman–Crippen LogP) is 4.81. The maximum Gasteiger partial charge on any atom is 0.321 e. The summed E-state index contributed by atoms with van der Waals surface area (Å²) in [5.41, 5.74) is 4.37. The zero-order valence-corrected chi connectivity index (χ0v) is 15.8. The number of benzene rings is 2. The zero-order valence-electron chi connectivity index (χ0n) is 15.0. The first-order chi connectivity index (χ1) is 12.5. The van der Waals surface area contributed by atoms with E-state index in [1.54, 1.807) is 11.9 Å². The van der Waals surface area contributed by atoms with Crippen LogP contribution in [-0.2, 0) is 6.54 Å². The van der Waals surface area contributed by atoms with E-state index >= 15 is 0 Å². The molecule has 0 radical (unpaired) electrons. The second-order valence-electron chi connectivity index (χ2n) is 6.23. The smallest absolute Gasteiger partial charge is 0.321 e. The number of nitrogens with one attached hydrogen (secondary N) is 1. The van der Waals surface area contributed by atoms with Gasteiger partial charge < -0.3 is 10.2 Å². The molecule has 5 nitrogen and oxygen atoms in total. The van der Waals surface area contributed by atoms with Crippen molar-refractivity contribution in [3.05, 3.63) is 76.6 Å². The van der Waals surface area contributed by atoms with E-state index in [0.29, 0.717) is 17.3 Å². The molecule has 0 bridgehead atoms. The Morgan fingerprint density at radius 1 is 1.15 bits per heavy atom. The van der Waals surface area contributed by atoms with Crippen molar-refractivity contribution in [2.75, 3.05) is 12.4 Å². The number of amides is 2. The first-order valence-corrected chi connectivity index (χ1v) is 8.71. The fourth-order valence-corrected chi connectivity index (χ4v) is 3.00. The topological polar surface area (TPSA) is 50.2 Å². The summed E-state index contributed by atoms with van der Waals surface area (Å²) in [4.78, 5) is 14.2. The van der Waals surface area contributed by atoms with Crippen LogP contribution >= 0.6 is 11.6 Å². The summed E-state index contributed by atoms with van der Waals surface area (Å²) < 4.78 is 1.83. The highest BCUT2D eigenvalue weighted by Crippen LogP contribution is 2.22. The van der Waals surface area contributed by atoms with Crippen LogP contribution in [0.4, 0.5) is 10.5 Å². The number of aryl methyl sites for hydroxylation is 2. The van der Waals surface area contributed by atoms with Crippen LogP contribution in [0.15, 0.2) is 54.6 Å². The van der Waals surface area contributed by atoms with Crippen molar-refractivity contribution in [3.8, 4) is 5.69 Å². The first kappa shape index (κ1) is 18.0. The average molecular weight is 369 g/mol. The second kappa shape index (κ2) is 7.62. The number of carbonyl (C=O) groups excluding carboxylic acids is 1. The third-order valence-electron chi connectivity index (χ3n) is 4.10. The van der Waals surface area contributed by atoms with Crippen molar-refractivity contribution >= 4 is 23.3 Å². The van der Waals surface area contributed by atoms with Crippen LogP contribution in [0.5, 0.6) is 0 Å². The highest BCUT2D eigenvalue weighted by Gasteiger charge is 2.14. The molecule has 134 valence electrons. The minimum absolute atomic E-state index is 0.209. The number of carbonyl (C=O) groups is 1. The minimum Gasteiger partial charge on any atom is -0.323 e. The fraction of sp³-hybridized carbons (Fsp3) is 0.200. The standard InChI is InChI=1S/C20H21ClN4O/c1-14-12-15(2)25(23-14)19-11-7-6-10-18(19)22-20(26)24(3)13-16-8-4-5-9-17(16)21/h4-12H,13H2,1-3H3,(H,22,26). The molecule has 6 heteroatoms. The monoisotopic (exact) mass is 368 g/mol. The molecular formula is C20H21ClN4O. The molecule has 1 aromatic heterocycles. The van der Waals surface area contributed by atoms with Crippen LogP contribution in [0.25, 0.3) is 5.69 Å². The van der Waals surface area contributed by atoms with Gasteiger partial charge in [-0.1, -0.05) is 41.9 Å². The van der Waals surface area contributed by atoms with Gasteiger partial charge in [0.25, 0.3) is 0 Å². The van der Waals surface area contributed by atoms with Crippen LogP contribution in [0, 0.1) is 13.8 Å². The lowest BCUT2D eigenvalue weighted by Gasteiger charge is -2.20. The molecular weight excluding hydrogens is 348 g/mol.